The van der Waals surface area contributed by atoms with Gasteiger partial charge in [0.2, 0.25) is 0 Å². The number of ketones is 1. The molecule has 0 aliphatic heterocycles. The Labute approximate surface area is 125 Å². The smallest absolute Gasteiger partial charge is 0.167 e. The summed E-state index contributed by atoms with van der Waals surface area (Å²) < 4.78 is 10.7. The molecule has 3 nitrogen and oxygen atoms in total. The van der Waals surface area contributed by atoms with Crippen molar-refractivity contribution in [3.05, 3.63) is 59.7 Å². The van der Waals surface area contributed by atoms with Gasteiger partial charge in [-0.25, -0.2) is 0 Å². The largest absolute Gasteiger partial charge is 0.497 e. The summed E-state index contributed by atoms with van der Waals surface area (Å²) in [6.45, 7) is 2.75. The van der Waals surface area contributed by atoms with Crippen LogP contribution in [-0.4, -0.2) is 19.5 Å². The first kappa shape index (κ1) is 15.1. The second-order valence-electron chi connectivity index (χ2n) is 4.82. The van der Waals surface area contributed by atoms with E-state index in [4.69, 9.17) is 9.47 Å². The summed E-state index contributed by atoms with van der Waals surface area (Å²) in [4.78, 5) is 12.3. The van der Waals surface area contributed by atoms with Crippen molar-refractivity contribution in [2.75, 3.05) is 13.7 Å². The van der Waals surface area contributed by atoms with Gasteiger partial charge in [-0.05, 0) is 48.4 Å². The number of rotatable bonds is 7. The van der Waals surface area contributed by atoms with Crippen LogP contribution in [-0.2, 0) is 6.42 Å². The van der Waals surface area contributed by atoms with Gasteiger partial charge in [0.25, 0.3) is 0 Å². The van der Waals surface area contributed by atoms with E-state index in [0.29, 0.717) is 18.6 Å². The van der Waals surface area contributed by atoms with Crippen molar-refractivity contribution in [2.45, 2.75) is 19.8 Å². The first-order chi connectivity index (χ1) is 10.2. The Balaban J connectivity index is 2.02. The quantitative estimate of drug-likeness (QED) is 0.723. The van der Waals surface area contributed by atoms with E-state index in [9.17, 15) is 4.79 Å². The van der Waals surface area contributed by atoms with Gasteiger partial charge < -0.3 is 9.47 Å². The van der Waals surface area contributed by atoms with Crippen LogP contribution in [0.4, 0.5) is 0 Å². The number of carbonyl (C=O) groups is 1. The molecule has 21 heavy (non-hydrogen) atoms. The summed E-state index contributed by atoms with van der Waals surface area (Å²) >= 11 is 0. The molecule has 2 rings (SSSR count). The van der Waals surface area contributed by atoms with Gasteiger partial charge in [0.1, 0.15) is 11.5 Å². The molecule has 0 aliphatic rings. The van der Waals surface area contributed by atoms with Crippen LogP contribution in [0.15, 0.2) is 48.5 Å². The van der Waals surface area contributed by atoms with Crippen LogP contribution in [0.3, 0.4) is 0 Å². The van der Waals surface area contributed by atoms with Gasteiger partial charge in [-0.15, -0.1) is 0 Å². The summed E-state index contributed by atoms with van der Waals surface area (Å²) in [6.07, 6.45) is 1.34. The van der Waals surface area contributed by atoms with E-state index >= 15 is 0 Å². The van der Waals surface area contributed by atoms with Crippen molar-refractivity contribution in [2.24, 2.45) is 0 Å². The number of ether oxygens (including phenoxy) is 2. The summed E-state index contributed by atoms with van der Waals surface area (Å²) in [5, 5.41) is 0. The minimum atomic E-state index is 0.0882. The lowest BCUT2D eigenvalue weighted by Gasteiger charge is -2.06. The third kappa shape index (κ3) is 4.35. The zero-order chi connectivity index (χ0) is 15.1. The van der Waals surface area contributed by atoms with E-state index in [1.165, 1.54) is 0 Å². The Hall–Kier alpha value is -2.29. The SMILES string of the molecule is CCCOc1ccc(C(=O)Cc2cccc(OC)c2)cc1. The van der Waals surface area contributed by atoms with Crippen LogP contribution in [0.5, 0.6) is 11.5 Å². The number of Topliss-reactive ketones (excluding diaryl/α,β-unsaturated/α-hetero) is 1. The van der Waals surface area contributed by atoms with E-state index in [0.717, 1.165) is 23.5 Å². The second-order valence-corrected chi connectivity index (χ2v) is 4.82. The number of methoxy groups -OCH3 is 1. The molecule has 0 aromatic heterocycles. The van der Waals surface area contributed by atoms with E-state index in [2.05, 4.69) is 6.92 Å². The fraction of sp³-hybridized carbons (Fsp3) is 0.278. The first-order valence-electron chi connectivity index (χ1n) is 7.12. The summed E-state index contributed by atoms with van der Waals surface area (Å²) in [5.74, 6) is 1.66. The lowest BCUT2D eigenvalue weighted by atomic mass is 10.0. The Bertz CT molecular complexity index is 588. The van der Waals surface area contributed by atoms with Gasteiger partial charge in [-0.3, -0.25) is 4.79 Å². The molecule has 0 radical (unpaired) electrons. The van der Waals surface area contributed by atoms with Crippen LogP contribution < -0.4 is 9.47 Å². The van der Waals surface area contributed by atoms with Crippen molar-refractivity contribution in [1.82, 2.24) is 0 Å². The van der Waals surface area contributed by atoms with Crippen molar-refractivity contribution in [3.8, 4) is 11.5 Å². The van der Waals surface area contributed by atoms with Crippen molar-refractivity contribution >= 4 is 5.78 Å². The molecule has 2 aromatic carbocycles. The highest BCUT2D eigenvalue weighted by Gasteiger charge is 2.08. The number of carbonyl (C=O) groups excluding carboxylic acids is 1. The lowest BCUT2D eigenvalue weighted by molar-refractivity contribution is 0.0993. The molecule has 0 bridgehead atoms. The molecule has 0 heterocycles. The van der Waals surface area contributed by atoms with E-state index in [1.54, 1.807) is 7.11 Å². The fourth-order valence-electron chi connectivity index (χ4n) is 2.03. The molecular formula is C18H20O3. The molecule has 0 spiro atoms. The third-order valence-corrected chi connectivity index (χ3v) is 3.15. The molecule has 0 atom stereocenters. The average molecular weight is 284 g/mol. The third-order valence-electron chi connectivity index (χ3n) is 3.15. The maximum Gasteiger partial charge on any atom is 0.167 e. The van der Waals surface area contributed by atoms with Gasteiger partial charge in [0.15, 0.2) is 5.78 Å². The maximum absolute atomic E-state index is 12.3. The average Bonchev–Trinajstić information content (AvgIpc) is 2.53. The molecule has 0 amide bonds. The molecular weight excluding hydrogens is 264 g/mol. The molecule has 0 aliphatic carbocycles. The predicted octanol–water partition coefficient (Wildman–Crippen LogP) is 3.91. The highest BCUT2D eigenvalue weighted by molar-refractivity contribution is 5.97. The van der Waals surface area contributed by atoms with Gasteiger partial charge in [0, 0.05) is 12.0 Å². The first-order valence-corrected chi connectivity index (χ1v) is 7.12. The highest BCUT2D eigenvalue weighted by Crippen LogP contribution is 2.17. The number of benzene rings is 2. The molecule has 0 saturated carbocycles. The van der Waals surface area contributed by atoms with E-state index < -0.39 is 0 Å². The Morgan fingerprint density at radius 3 is 2.48 bits per heavy atom. The minimum absolute atomic E-state index is 0.0882. The maximum atomic E-state index is 12.3. The Kier molecular flexibility index (Phi) is 5.38. The van der Waals surface area contributed by atoms with Gasteiger partial charge in [-0.2, -0.15) is 0 Å². The van der Waals surface area contributed by atoms with Crippen LogP contribution >= 0.6 is 0 Å². The highest BCUT2D eigenvalue weighted by atomic mass is 16.5. The van der Waals surface area contributed by atoms with Gasteiger partial charge >= 0.3 is 0 Å². The number of hydrogen-bond donors (Lipinski definition) is 0. The number of hydrogen-bond acceptors (Lipinski definition) is 3. The van der Waals surface area contributed by atoms with Crippen LogP contribution in [0.25, 0.3) is 0 Å². The standard InChI is InChI=1S/C18H20O3/c1-3-11-21-16-9-7-15(8-10-16)18(19)13-14-5-4-6-17(12-14)20-2/h4-10,12H,3,11,13H2,1-2H3. The summed E-state index contributed by atoms with van der Waals surface area (Å²) in [7, 11) is 1.62. The molecule has 3 heteroatoms. The van der Waals surface area contributed by atoms with E-state index in [-0.39, 0.29) is 5.78 Å². The molecule has 0 N–H and O–H groups in total. The van der Waals surface area contributed by atoms with E-state index in [1.807, 2.05) is 48.5 Å². The van der Waals surface area contributed by atoms with Crippen molar-refractivity contribution in [1.29, 1.82) is 0 Å². The van der Waals surface area contributed by atoms with Crippen molar-refractivity contribution < 1.29 is 14.3 Å². The topological polar surface area (TPSA) is 35.5 Å². The zero-order valence-electron chi connectivity index (χ0n) is 12.5. The van der Waals surface area contributed by atoms with Crippen LogP contribution in [0, 0.1) is 0 Å². The fourth-order valence-corrected chi connectivity index (χ4v) is 2.03. The molecule has 0 fully saturated rings. The minimum Gasteiger partial charge on any atom is -0.497 e. The summed E-state index contributed by atoms with van der Waals surface area (Å²) in [5.41, 5.74) is 1.65. The Morgan fingerprint density at radius 1 is 1.05 bits per heavy atom. The monoisotopic (exact) mass is 284 g/mol. The summed E-state index contributed by atoms with van der Waals surface area (Å²) in [6, 6.07) is 14.9. The second kappa shape index (κ2) is 7.48. The molecule has 2 aromatic rings. The van der Waals surface area contributed by atoms with Crippen LogP contribution in [0.1, 0.15) is 29.3 Å². The van der Waals surface area contributed by atoms with Crippen LogP contribution in [0.2, 0.25) is 0 Å². The Morgan fingerprint density at radius 2 is 1.81 bits per heavy atom. The predicted molar refractivity (Wildman–Crippen MR) is 83.3 cm³/mol. The normalized spacial score (nSPS) is 10.2. The molecule has 0 saturated heterocycles. The lowest BCUT2D eigenvalue weighted by Crippen LogP contribution is -2.04. The van der Waals surface area contributed by atoms with Gasteiger partial charge in [-0.1, -0.05) is 19.1 Å². The van der Waals surface area contributed by atoms with Gasteiger partial charge in [0.05, 0.1) is 13.7 Å². The van der Waals surface area contributed by atoms with Crippen molar-refractivity contribution in [3.63, 3.8) is 0 Å². The molecule has 0 unspecified atom stereocenters. The zero-order valence-corrected chi connectivity index (χ0v) is 12.5. The molecule has 110 valence electrons.